The predicted molar refractivity (Wildman–Crippen MR) is 56.4 cm³/mol. The number of anilines is 1. The van der Waals surface area contributed by atoms with Crippen LogP contribution in [0, 0.1) is 15.9 Å². The number of hydrogen-bond acceptors (Lipinski definition) is 3. The maximum atomic E-state index is 12.9. The summed E-state index contributed by atoms with van der Waals surface area (Å²) >= 11 is 0. The van der Waals surface area contributed by atoms with Gasteiger partial charge in [-0.05, 0) is 13.0 Å². The maximum absolute atomic E-state index is 12.9. The largest absolute Gasteiger partial charge is 0.381 e. The van der Waals surface area contributed by atoms with Crippen molar-refractivity contribution < 1.29 is 9.31 Å². The first kappa shape index (κ1) is 11.2. The van der Waals surface area contributed by atoms with Gasteiger partial charge in [-0.3, -0.25) is 10.1 Å². The van der Waals surface area contributed by atoms with Crippen LogP contribution >= 0.6 is 0 Å². The SMILES string of the molecule is C=C(C)CNc1cc(F)cc([N+](=O)[O-])c1. The molecule has 0 unspecified atom stereocenters. The van der Waals surface area contributed by atoms with Crippen LogP contribution in [-0.4, -0.2) is 11.5 Å². The highest BCUT2D eigenvalue weighted by molar-refractivity contribution is 5.52. The third kappa shape index (κ3) is 3.38. The summed E-state index contributed by atoms with van der Waals surface area (Å²) in [6.07, 6.45) is 0. The van der Waals surface area contributed by atoms with Crippen molar-refractivity contribution in [1.82, 2.24) is 0 Å². The first-order valence-corrected chi connectivity index (χ1v) is 4.32. The third-order valence-corrected chi connectivity index (χ3v) is 1.69. The molecule has 0 aliphatic carbocycles. The van der Waals surface area contributed by atoms with Crippen LogP contribution in [0.5, 0.6) is 0 Å². The Kier molecular flexibility index (Phi) is 3.38. The Morgan fingerprint density at radius 3 is 2.80 bits per heavy atom. The minimum Gasteiger partial charge on any atom is -0.381 e. The molecule has 1 rings (SSSR count). The van der Waals surface area contributed by atoms with Gasteiger partial charge in [-0.15, -0.1) is 0 Å². The van der Waals surface area contributed by atoms with Crippen LogP contribution in [0.2, 0.25) is 0 Å². The van der Waals surface area contributed by atoms with Crippen molar-refractivity contribution in [1.29, 1.82) is 0 Å². The molecular weight excluding hydrogens is 199 g/mol. The molecule has 0 aliphatic rings. The molecule has 0 spiro atoms. The van der Waals surface area contributed by atoms with Crippen molar-refractivity contribution in [2.75, 3.05) is 11.9 Å². The minimum absolute atomic E-state index is 0.265. The van der Waals surface area contributed by atoms with E-state index in [2.05, 4.69) is 11.9 Å². The molecule has 0 atom stereocenters. The number of nitrogens with zero attached hydrogens (tertiary/aromatic N) is 1. The standard InChI is InChI=1S/C10H11FN2O2/c1-7(2)6-12-9-3-8(11)4-10(5-9)13(14)15/h3-5,12H,1,6H2,2H3. The number of non-ortho nitro benzene ring substituents is 1. The second kappa shape index (κ2) is 4.54. The summed E-state index contributed by atoms with van der Waals surface area (Å²) in [4.78, 5) is 9.81. The van der Waals surface area contributed by atoms with E-state index < -0.39 is 10.7 Å². The minimum atomic E-state index is -0.631. The average Bonchev–Trinajstić information content (AvgIpc) is 2.13. The van der Waals surface area contributed by atoms with E-state index in [-0.39, 0.29) is 5.69 Å². The van der Waals surface area contributed by atoms with E-state index in [0.29, 0.717) is 12.2 Å². The molecule has 5 heteroatoms. The highest BCUT2D eigenvalue weighted by Crippen LogP contribution is 2.19. The van der Waals surface area contributed by atoms with Crippen LogP contribution in [-0.2, 0) is 0 Å². The number of nitro groups is 1. The van der Waals surface area contributed by atoms with Crippen LogP contribution in [0.25, 0.3) is 0 Å². The fraction of sp³-hybridized carbons (Fsp3) is 0.200. The molecule has 0 bridgehead atoms. The molecule has 15 heavy (non-hydrogen) atoms. The van der Waals surface area contributed by atoms with E-state index in [0.717, 1.165) is 11.6 Å². The van der Waals surface area contributed by atoms with E-state index in [4.69, 9.17) is 0 Å². The van der Waals surface area contributed by atoms with Crippen LogP contribution in [0.15, 0.2) is 30.4 Å². The van der Waals surface area contributed by atoms with Gasteiger partial charge >= 0.3 is 0 Å². The van der Waals surface area contributed by atoms with Crippen LogP contribution in [0.3, 0.4) is 0 Å². The second-order valence-corrected chi connectivity index (χ2v) is 3.27. The van der Waals surface area contributed by atoms with E-state index >= 15 is 0 Å². The molecular formula is C10H11FN2O2. The van der Waals surface area contributed by atoms with Gasteiger partial charge in [-0.2, -0.15) is 0 Å². The maximum Gasteiger partial charge on any atom is 0.274 e. The Balaban J connectivity index is 2.88. The van der Waals surface area contributed by atoms with E-state index in [1.807, 2.05) is 0 Å². The molecule has 80 valence electrons. The number of halogens is 1. The Morgan fingerprint density at radius 1 is 1.60 bits per heavy atom. The lowest BCUT2D eigenvalue weighted by Gasteiger charge is -2.05. The van der Waals surface area contributed by atoms with Gasteiger partial charge in [-0.25, -0.2) is 4.39 Å². The molecule has 0 saturated carbocycles. The van der Waals surface area contributed by atoms with Crippen molar-refractivity contribution >= 4 is 11.4 Å². The summed E-state index contributed by atoms with van der Waals surface area (Å²) in [5.74, 6) is -0.631. The number of hydrogen-bond donors (Lipinski definition) is 1. The monoisotopic (exact) mass is 210 g/mol. The zero-order valence-corrected chi connectivity index (χ0v) is 8.29. The Bertz CT molecular complexity index is 404. The molecule has 0 radical (unpaired) electrons. The summed E-state index contributed by atoms with van der Waals surface area (Å²) in [5, 5.41) is 13.3. The fourth-order valence-electron chi connectivity index (χ4n) is 1.03. The molecule has 0 aliphatic heterocycles. The van der Waals surface area contributed by atoms with Crippen LogP contribution in [0.4, 0.5) is 15.8 Å². The highest BCUT2D eigenvalue weighted by Gasteiger charge is 2.09. The van der Waals surface area contributed by atoms with Crippen molar-refractivity contribution in [3.05, 3.63) is 46.3 Å². The molecule has 0 saturated heterocycles. The average molecular weight is 210 g/mol. The zero-order chi connectivity index (χ0) is 11.4. The summed E-state index contributed by atoms with van der Waals surface area (Å²) in [6.45, 7) is 5.93. The molecule has 0 heterocycles. The van der Waals surface area contributed by atoms with Gasteiger partial charge in [0.25, 0.3) is 5.69 Å². The summed E-state index contributed by atoms with van der Waals surface area (Å²) in [6, 6.07) is 3.37. The van der Waals surface area contributed by atoms with Crippen molar-refractivity contribution in [2.45, 2.75) is 6.92 Å². The van der Waals surface area contributed by atoms with E-state index in [9.17, 15) is 14.5 Å². The molecule has 1 aromatic rings. The van der Waals surface area contributed by atoms with Gasteiger partial charge < -0.3 is 5.32 Å². The Labute approximate surface area is 86.6 Å². The van der Waals surface area contributed by atoms with Crippen molar-refractivity contribution in [2.24, 2.45) is 0 Å². The molecule has 1 aromatic carbocycles. The highest BCUT2D eigenvalue weighted by atomic mass is 19.1. The van der Waals surface area contributed by atoms with E-state index in [1.165, 1.54) is 12.1 Å². The number of rotatable bonds is 4. The lowest BCUT2D eigenvalue weighted by atomic mass is 10.2. The molecule has 0 aromatic heterocycles. The number of benzene rings is 1. The first-order valence-electron chi connectivity index (χ1n) is 4.32. The second-order valence-electron chi connectivity index (χ2n) is 3.27. The third-order valence-electron chi connectivity index (χ3n) is 1.69. The molecule has 0 fully saturated rings. The molecule has 0 amide bonds. The van der Waals surface area contributed by atoms with Gasteiger partial charge in [0.1, 0.15) is 5.82 Å². The molecule has 4 nitrogen and oxygen atoms in total. The van der Waals surface area contributed by atoms with Crippen molar-refractivity contribution in [3.8, 4) is 0 Å². The fourth-order valence-corrected chi connectivity index (χ4v) is 1.03. The van der Waals surface area contributed by atoms with Crippen LogP contribution < -0.4 is 5.32 Å². The predicted octanol–water partition coefficient (Wildman–Crippen LogP) is 2.72. The van der Waals surface area contributed by atoms with Gasteiger partial charge in [0.05, 0.1) is 11.0 Å². The Morgan fingerprint density at radius 2 is 2.27 bits per heavy atom. The molecule has 1 N–H and O–H groups in total. The summed E-state index contributed by atoms with van der Waals surface area (Å²) in [7, 11) is 0. The normalized spacial score (nSPS) is 9.73. The van der Waals surface area contributed by atoms with Gasteiger partial charge in [0.15, 0.2) is 0 Å². The lowest BCUT2D eigenvalue weighted by molar-refractivity contribution is -0.385. The van der Waals surface area contributed by atoms with Gasteiger partial charge in [0, 0.05) is 18.3 Å². The van der Waals surface area contributed by atoms with E-state index in [1.54, 1.807) is 6.92 Å². The number of nitro benzene ring substituents is 1. The Hall–Kier alpha value is -1.91. The quantitative estimate of drug-likeness (QED) is 0.472. The summed E-state index contributed by atoms with van der Waals surface area (Å²) in [5.41, 5.74) is 0.978. The zero-order valence-electron chi connectivity index (χ0n) is 8.29. The topological polar surface area (TPSA) is 55.2 Å². The first-order chi connectivity index (χ1) is 6.99. The van der Waals surface area contributed by atoms with Gasteiger partial charge in [0.2, 0.25) is 0 Å². The van der Waals surface area contributed by atoms with Crippen LogP contribution in [0.1, 0.15) is 6.92 Å². The summed E-state index contributed by atoms with van der Waals surface area (Å²) < 4.78 is 12.9. The number of nitrogens with one attached hydrogen (secondary N) is 1. The van der Waals surface area contributed by atoms with Gasteiger partial charge in [-0.1, -0.05) is 12.2 Å². The lowest BCUT2D eigenvalue weighted by Crippen LogP contribution is -2.02. The van der Waals surface area contributed by atoms with Crippen molar-refractivity contribution in [3.63, 3.8) is 0 Å². The smallest absolute Gasteiger partial charge is 0.274 e.